The summed E-state index contributed by atoms with van der Waals surface area (Å²) < 4.78 is 10.5. The molecule has 3 aromatic rings. The van der Waals surface area contributed by atoms with Gasteiger partial charge in [0, 0.05) is 48.4 Å². The molecule has 2 N–H and O–H groups in total. The van der Waals surface area contributed by atoms with Gasteiger partial charge in [-0.2, -0.15) is 0 Å². The molecule has 1 heterocycles. The summed E-state index contributed by atoms with van der Waals surface area (Å²) in [5.74, 6) is 0.277. The summed E-state index contributed by atoms with van der Waals surface area (Å²) in [4.78, 5) is 37.8. The van der Waals surface area contributed by atoms with Crippen LogP contribution in [0.2, 0.25) is 0 Å². The molecule has 0 saturated carbocycles. The van der Waals surface area contributed by atoms with Crippen LogP contribution in [0.15, 0.2) is 57.7 Å². The Morgan fingerprint density at radius 1 is 1.06 bits per heavy atom. The molecule has 0 spiro atoms. The summed E-state index contributed by atoms with van der Waals surface area (Å²) in [6.45, 7) is 4.51. The van der Waals surface area contributed by atoms with Crippen LogP contribution in [0.4, 0.5) is 11.4 Å². The first kappa shape index (κ1) is 22.0. The van der Waals surface area contributed by atoms with E-state index in [9.17, 15) is 14.4 Å². The van der Waals surface area contributed by atoms with Crippen LogP contribution in [-0.4, -0.2) is 36.9 Å². The van der Waals surface area contributed by atoms with Gasteiger partial charge in [-0.15, -0.1) is 0 Å². The highest BCUT2D eigenvalue weighted by Crippen LogP contribution is 2.23. The molecule has 0 aliphatic heterocycles. The Morgan fingerprint density at radius 2 is 1.84 bits per heavy atom. The number of hydrogen-bond donors (Lipinski definition) is 2. The van der Waals surface area contributed by atoms with Gasteiger partial charge in [-0.25, -0.2) is 4.79 Å². The fourth-order valence-electron chi connectivity index (χ4n) is 3.27. The van der Waals surface area contributed by atoms with E-state index in [1.165, 1.54) is 13.0 Å². The third-order valence-corrected chi connectivity index (χ3v) is 4.71. The highest BCUT2D eigenvalue weighted by Gasteiger charge is 2.14. The van der Waals surface area contributed by atoms with E-state index < -0.39 is 5.63 Å². The summed E-state index contributed by atoms with van der Waals surface area (Å²) in [5.41, 5.74) is 1.84. The largest absolute Gasteiger partial charge is 0.497 e. The lowest BCUT2D eigenvalue weighted by atomic mass is 10.1. The van der Waals surface area contributed by atoms with Crippen molar-refractivity contribution in [3.8, 4) is 5.75 Å². The molecule has 0 unspecified atom stereocenters. The summed E-state index contributed by atoms with van der Waals surface area (Å²) >= 11 is 0. The average molecular weight is 423 g/mol. The Morgan fingerprint density at radius 3 is 2.55 bits per heavy atom. The number of ether oxygens (including phenoxy) is 1. The lowest BCUT2D eigenvalue weighted by Crippen LogP contribution is -2.33. The van der Waals surface area contributed by atoms with Gasteiger partial charge in [0.05, 0.1) is 13.7 Å². The summed E-state index contributed by atoms with van der Waals surface area (Å²) in [7, 11) is 1.57. The van der Waals surface area contributed by atoms with E-state index >= 15 is 0 Å². The molecular formula is C23H25N3O5. The normalized spacial score (nSPS) is 10.8. The predicted octanol–water partition coefficient (Wildman–Crippen LogP) is 3.22. The quantitative estimate of drug-likeness (QED) is 0.540. The van der Waals surface area contributed by atoms with Gasteiger partial charge >= 0.3 is 5.63 Å². The predicted molar refractivity (Wildman–Crippen MR) is 119 cm³/mol. The molecule has 2 amide bonds. The van der Waals surface area contributed by atoms with E-state index in [1.54, 1.807) is 49.6 Å². The first-order valence-electron chi connectivity index (χ1n) is 9.88. The Hall–Kier alpha value is -3.65. The van der Waals surface area contributed by atoms with Crippen molar-refractivity contribution in [2.45, 2.75) is 20.4 Å². The molecule has 0 radical (unpaired) electrons. The van der Waals surface area contributed by atoms with Gasteiger partial charge in [0.25, 0.3) is 0 Å². The molecule has 0 bridgehead atoms. The fourth-order valence-corrected chi connectivity index (χ4v) is 3.27. The lowest BCUT2D eigenvalue weighted by molar-refractivity contribution is -0.117. The van der Waals surface area contributed by atoms with Crippen LogP contribution in [0.1, 0.15) is 19.4 Å². The van der Waals surface area contributed by atoms with Crippen molar-refractivity contribution in [3.05, 3.63) is 64.5 Å². The zero-order valence-electron chi connectivity index (χ0n) is 17.7. The van der Waals surface area contributed by atoms with Crippen LogP contribution in [0.3, 0.4) is 0 Å². The van der Waals surface area contributed by atoms with Gasteiger partial charge in [0.15, 0.2) is 0 Å². The van der Waals surface area contributed by atoms with Crippen LogP contribution >= 0.6 is 0 Å². The van der Waals surface area contributed by atoms with E-state index in [1.807, 2.05) is 11.8 Å². The molecular weight excluding hydrogens is 398 g/mol. The Balaban J connectivity index is 1.76. The summed E-state index contributed by atoms with van der Waals surface area (Å²) in [5, 5.41) is 6.28. The highest BCUT2D eigenvalue weighted by atomic mass is 16.5. The molecule has 1 aromatic heterocycles. The molecule has 0 saturated heterocycles. The van der Waals surface area contributed by atoms with Crippen LogP contribution in [0.25, 0.3) is 11.0 Å². The van der Waals surface area contributed by atoms with E-state index in [0.29, 0.717) is 35.8 Å². The number of rotatable bonds is 8. The second-order valence-corrected chi connectivity index (χ2v) is 7.07. The van der Waals surface area contributed by atoms with Crippen molar-refractivity contribution >= 4 is 34.2 Å². The third kappa shape index (κ3) is 5.93. The molecule has 31 heavy (non-hydrogen) atoms. The molecule has 0 aliphatic rings. The lowest BCUT2D eigenvalue weighted by Gasteiger charge is -2.20. The zero-order chi connectivity index (χ0) is 22.4. The first-order valence-corrected chi connectivity index (χ1v) is 9.88. The fraction of sp³-hybridized carbons (Fsp3) is 0.261. The van der Waals surface area contributed by atoms with Crippen molar-refractivity contribution in [3.63, 3.8) is 0 Å². The molecule has 0 atom stereocenters. The van der Waals surface area contributed by atoms with E-state index in [4.69, 9.17) is 9.15 Å². The topological polar surface area (TPSA) is 101 Å². The first-order chi connectivity index (χ1) is 14.9. The molecule has 0 fully saturated rings. The Kier molecular flexibility index (Phi) is 7.04. The van der Waals surface area contributed by atoms with Gasteiger partial charge < -0.3 is 19.8 Å². The van der Waals surface area contributed by atoms with Crippen molar-refractivity contribution < 1.29 is 18.7 Å². The molecule has 3 rings (SSSR count). The summed E-state index contributed by atoms with van der Waals surface area (Å²) in [6.07, 6.45) is 0. The van der Waals surface area contributed by atoms with Crippen molar-refractivity contribution in [2.75, 3.05) is 30.8 Å². The number of benzene rings is 2. The number of anilines is 2. The monoisotopic (exact) mass is 423 g/mol. The van der Waals surface area contributed by atoms with E-state index in [0.717, 1.165) is 10.9 Å². The maximum atomic E-state index is 12.5. The number of hydrogen-bond acceptors (Lipinski definition) is 6. The van der Waals surface area contributed by atoms with Crippen molar-refractivity contribution in [1.82, 2.24) is 4.90 Å². The van der Waals surface area contributed by atoms with Gasteiger partial charge in [-0.1, -0.05) is 13.0 Å². The van der Waals surface area contributed by atoms with E-state index in [-0.39, 0.29) is 18.4 Å². The molecule has 0 aliphatic carbocycles. The van der Waals surface area contributed by atoms with Gasteiger partial charge in [-0.3, -0.25) is 14.5 Å². The van der Waals surface area contributed by atoms with E-state index in [2.05, 4.69) is 10.6 Å². The minimum absolute atomic E-state index is 0.152. The number of fused-ring (bicyclic) bond motifs is 1. The minimum Gasteiger partial charge on any atom is -0.497 e. The Labute approximate surface area is 179 Å². The molecule has 162 valence electrons. The van der Waals surface area contributed by atoms with Crippen molar-refractivity contribution in [2.24, 2.45) is 0 Å². The minimum atomic E-state index is -0.487. The van der Waals surface area contributed by atoms with Crippen LogP contribution < -0.4 is 21.0 Å². The summed E-state index contributed by atoms with van der Waals surface area (Å²) in [6, 6.07) is 13.7. The zero-order valence-corrected chi connectivity index (χ0v) is 17.7. The number of methoxy groups -OCH3 is 1. The number of carbonyl (C=O) groups excluding carboxylic acids is 2. The average Bonchev–Trinajstić information content (AvgIpc) is 2.72. The number of amides is 2. The highest BCUT2D eigenvalue weighted by molar-refractivity contribution is 5.93. The SMILES string of the molecule is CCN(CC(=O)Nc1cccc(OC)c1)Cc1cc(=O)oc2cc(NC(C)=O)ccc12. The Bertz CT molecular complexity index is 1160. The number of likely N-dealkylation sites (N-methyl/N-ethyl adjacent to an activating group) is 1. The van der Waals surface area contributed by atoms with Crippen molar-refractivity contribution in [1.29, 1.82) is 0 Å². The van der Waals surface area contributed by atoms with Gasteiger partial charge in [-0.05, 0) is 36.4 Å². The number of carbonyl (C=O) groups is 2. The second kappa shape index (κ2) is 9.90. The molecule has 8 nitrogen and oxygen atoms in total. The standard InChI is InChI=1S/C23H25N3O5/c1-4-26(14-22(28)25-17-6-5-7-19(11-17)30-3)13-16-10-23(29)31-21-12-18(24-15(2)27)8-9-20(16)21/h5-12H,4,13-14H2,1-3H3,(H,24,27)(H,25,28). The number of nitrogens with one attached hydrogen (secondary N) is 2. The molecule has 8 heteroatoms. The van der Waals surface area contributed by atoms with Gasteiger partial charge in [0.1, 0.15) is 11.3 Å². The third-order valence-electron chi connectivity index (χ3n) is 4.71. The smallest absolute Gasteiger partial charge is 0.336 e. The van der Waals surface area contributed by atoms with Crippen LogP contribution in [0.5, 0.6) is 5.75 Å². The van der Waals surface area contributed by atoms with Crippen LogP contribution in [0, 0.1) is 0 Å². The maximum Gasteiger partial charge on any atom is 0.336 e. The number of nitrogens with zero attached hydrogens (tertiary/aromatic N) is 1. The maximum absolute atomic E-state index is 12.5. The van der Waals surface area contributed by atoms with Gasteiger partial charge in [0.2, 0.25) is 11.8 Å². The second-order valence-electron chi connectivity index (χ2n) is 7.07. The van der Waals surface area contributed by atoms with Crippen LogP contribution in [-0.2, 0) is 16.1 Å². The molecule has 2 aromatic carbocycles.